The molecule has 0 fully saturated rings. The van der Waals surface area contributed by atoms with Crippen LogP contribution in [0.15, 0.2) is 72.8 Å². The number of benzene rings is 4. The van der Waals surface area contributed by atoms with E-state index in [0.717, 1.165) is 41.6 Å². The van der Waals surface area contributed by atoms with Gasteiger partial charge in [-0.05, 0) is 86.6 Å². The predicted molar refractivity (Wildman–Crippen MR) is 166 cm³/mol. The minimum Gasteiger partial charge on any atom is -0.504 e. The zero-order valence-electron chi connectivity index (χ0n) is 21.5. The van der Waals surface area contributed by atoms with E-state index in [2.05, 4.69) is 9.97 Å². The van der Waals surface area contributed by atoms with Crippen LogP contribution < -0.4 is 9.47 Å². The summed E-state index contributed by atoms with van der Waals surface area (Å²) in [5, 5.41) is 22.6. The zero-order valence-corrected chi connectivity index (χ0v) is 24.7. The highest BCUT2D eigenvalue weighted by molar-refractivity contribution is 7.22. The van der Waals surface area contributed by atoms with Crippen molar-refractivity contribution in [2.24, 2.45) is 0 Å². The number of nitrogens with zero attached hydrogens (tertiary/aromatic N) is 2. The van der Waals surface area contributed by atoms with E-state index in [9.17, 15) is 10.2 Å². The van der Waals surface area contributed by atoms with E-state index < -0.39 is 0 Å². The van der Waals surface area contributed by atoms with Gasteiger partial charge < -0.3 is 19.7 Å². The Kier molecular flexibility index (Phi) is 8.61. The third-order valence-electron chi connectivity index (χ3n) is 5.71. The van der Waals surface area contributed by atoms with E-state index in [0.29, 0.717) is 34.8 Å². The first-order valence-corrected chi connectivity index (χ1v) is 14.8. The van der Waals surface area contributed by atoms with Crippen molar-refractivity contribution in [1.29, 1.82) is 0 Å². The van der Waals surface area contributed by atoms with Gasteiger partial charge in [-0.3, -0.25) is 0 Å². The second-order valence-corrected chi connectivity index (χ2v) is 11.4. The van der Waals surface area contributed by atoms with Gasteiger partial charge in [-0.1, -0.05) is 23.2 Å². The highest BCUT2D eigenvalue weighted by Gasteiger charge is 2.11. The molecule has 10 heteroatoms. The van der Waals surface area contributed by atoms with Gasteiger partial charge in [0.2, 0.25) is 0 Å². The molecule has 0 spiro atoms. The van der Waals surface area contributed by atoms with Gasteiger partial charge in [0.05, 0.1) is 33.6 Å². The summed E-state index contributed by atoms with van der Waals surface area (Å²) in [4.78, 5) is 9.14. The number of thiazole rings is 2. The van der Waals surface area contributed by atoms with Crippen LogP contribution in [0.4, 0.5) is 0 Å². The van der Waals surface area contributed by atoms with Crippen LogP contribution in [0.3, 0.4) is 0 Å². The smallest absolute Gasteiger partial charge is 0.161 e. The molecule has 6 nitrogen and oxygen atoms in total. The second kappa shape index (κ2) is 12.3. The van der Waals surface area contributed by atoms with Gasteiger partial charge in [-0.2, -0.15) is 0 Å². The first-order chi connectivity index (χ1) is 19.3. The van der Waals surface area contributed by atoms with Gasteiger partial charge in [0, 0.05) is 21.2 Å². The van der Waals surface area contributed by atoms with Crippen molar-refractivity contribution in [3.8, 4) is 44.1 Å². The lowest BCUT2D eigenvalue weighted by Crippen LogP contribution is -1.92. The van der Waals surface area contributed by atoms with Crippen molar-refractivity contribution in [2.75, 3.05) is 13.2 Å². The number of hydrogen-bond donors (Lipinski definition) is 2. The van der Waals surface area contributed by atoms with Crippen molar-refractivity contribution in [2.45, 2.75) is 13.8 Å². The third-order valence-corrected chi connectivity index (χ3v) is 8.35. The standard InChI is InChI=1S/2C15H12ClNO2S/c2*1-2-19-13-7-9(3-5-12(13)18)15-17-11-8-10(16)4-6-14(11)20-15/h2*3-8,18H,2H2,1H3. The average Bonchev–Trinajstić information content (AvgIpc) is 3.55. The summed E-state index contributed by atoms with van der Waals surface area (Å²) < 4.78 is 13.0. The fourth-order valence-electron chi connectivity index (χ4n) is 3.88. The summed E-state index contributed by atoms with van der Waals surface area (Å²) in [6.07, 6.45) is 0. The maximum absolute atomic E-state index is 9.73. The molecule has 0 saturated heterocycles. The number of rotatable bonds is 6. The maximum Gasteiger partial charge on any atom is 0.161 e. The molecule has 6 rings (SSSR count). The van der Waals surface area contributed by atoms with Crippen LogP contribution in [0, 0.1) is 0 Å². The molecule has 2 N–H and O–H groups in total. The van der Waals surface area contributed by atoms with Crippen molar-refractivity contribution in [3.05, 3.63) is 82.8 Å². The Labute approximate surface area is 249 Å². The van der Waals surface area contributed by atoms with E-state index in [1.165, 1.54) is 0 Å². The predicted octanol–water partition coefficient (Wildman–Crippen LogP) is 9.44. The van der Waals surface area contributed by atoms with Gasteiger partial charge in [0.15, 0.2) is 23.0 Å². The third kappa shape index (κ3) is 6.26. The molecule has 2 aromatic heterocycles. The second-order valence-electron chi connectivity index (χ2n) is 8.49. The molecular weight excluding hydrogens is 587 g/mol. The van der Waals surface area contributed by atoms with E-state index in [1.807, 2.05) is 62.4 Å². The van der Waals surface area contributed by atoms with Crippen LogP contribution >= 0.6 is 45.9 Å². The number of ether oxygens (including phenoxy) is 2. The molecule has 0 radical (unpaired) electrons. The largest absolute Gasteiger partial charge is 0.504 e. The SMILES string of the molecule is CCOc1cc(-c2nc3cc(Cl)ccc3s2)ccc1O.CCOc1cc(-c2nc3cc(Cl)ccc3s2)ccc1O. The van der Waals surface area contributed by atoms with Crippen LogP contribution in [-0.4, -0.2) is 33.4 Å². The van der Waals surface area contributed by atoms with Crippen molar-refractivity contribution in [1.82, 2.24) is 9.97 Å². The summed E-state index contributed by atoms with van der Waals surface area (Å²) in [5.74, 6) is 1.23. The van der Waals surface area contributed by atoms with Crippen LogP contribution in [0.1, 0.15) is 13.8 Å². The normalized spacial score (nSPS) is 10.9. The zero-order chi connectivity index (χ0) is 28.2. The van der Waals surface area contributed by atoms with E-state index in [1.54, 1.807) is 46.9 Å². The molecule has 0 amide bonds. The van der Waals surface area contributed by atoms with Crippen LogP contribution in [0.25, 0.3) is 41.6 Å². The Morgan fingerprint density at radius 1 is 0.625 bits per heavy atom. The van der Waals surface area contributed by atoms with Crippen molar-refractivity contribution < 1.29 is 19.7 Å². The van der Waals surface area contributed by atoms with Crippen molar-refractivity contribution >= 4 is 66.3 Å². The lowest BCUT2D eigenvalue weighted by molar-refractivity contribution is 0.318. The molecule has 2 heterocycles. The molecular formula is C30H24Cl2N2O4S2. The number of halogens is 2. The summed E-state index contributed by atoms with van der Waals surface area (Å²) in [6, 6.07) is 21.8. The van der Waals surface area contributed by atoms with Crippen LogP contribution in [-0.2, 0) is 0 Å². The Bertz CT molecular complexity index is 1670. The molecule has 0 aliphatic rings. The van der Waals surface area contributed by atoms with E-state index >= 15 is 0 Å². The molecule has 0 aliphatic heterocycles. The number of fused-ring (bicyclic) bond motifs is 2. The summed E-state index contributed by atoms with van der Waals surface area (Å²) in [7, 11) is 0. The number of aromatic nitrogens is 2. The summed E-state index contributed by atoms with van der Waals surface area (Å²) in [5.41, 5.74) is 3.60. The van der Waals surface area contributed by atoms with Gasteiger partial charge in [0.1, 0.15) is 10.0 Å². The first kappa shape index (κ1) is 28.0. The quantitative estimate of drug-likeness (QED) is 0.195. The molecule has 6 aromatic rings. The Morgan fingerprint density at radius 2 is 1.05 bits per heavy atom. The summed E-state index contributed by atoms with van der Waals surface area (Å²) >= 11 is 15.1. The number of phenolic OH excluding ortho intramolecular Hbond substituents is 2. The molecule has 0 saturated carbocycles. The maximum atomic E-state index is 9.73. The summed E-state index contributed by atoms with van der Waals surface area (Å²) in [6.45, 7) is 4.77. The van der Waals surface area contributed by atoms with Crippen molar-refractivity contribution in [3.63, 3.8) is 0 Å². The van der Waals surface area contributed by atoms with Gasteiger partial charge in [-0.15, -0.1) is 22.7 Å². The molecule has 0 bridgehead atoms. The Balaban J connectivity index is 0.000000161. The minimum atomic E-state index is 0.139. The fraction of sp³-hybridized carbons (Fsp3) is 0.133. The molecule has 4 aromatic carbocycles. The highest BCUT2D eigenvalue weighted by atomic mass is 35.5. The number of phenols is 2. The van der Waals surface area contributed by atoms with E-state index in [-0.39, 0.29) is 11.5 Å². The van der Waals surface area contributed by atoms with Gasteiger partial charge in [0.25, 0.3) is 0 Å². The highest BCUT2D eigenvalue weighted by Crippen LogP contribution is 2.37. The van der Waals surface area contributed by atoms with Crippen LogP contribution in [0.2, 0.25) is 10.0 Å². The fourth-order valence-corrected chi connectivity index (χ4v) is 6.10. The first-order valence-electron chi connectivity index (χ1n) is 12.4. The molecule has 40 heavy (non-hydrogen) atoms. The lowest BCUT2D eigenvalue weighted by Gasteiger charge is -2.06. The van der Waals surface area contributed by atoms with Crippen LogP contribution in [0.5, 0.6) is 23.0 Å². The van der Waals surface area contributed by atoms with Gasteiger partial charge >= 0.3 is 0 Å². The Morgan fingerprint density at radius 3 is 1.45 bits per heavy atom. The average molecular weight is 612 g/mol. The minimum absolute atomic E-state index is 0.139. The molecule has 0 aliphatic carbocycles. The van der Waals surface area contributed by atoms with E-state index in [4.69, 9.17) is 32.7 Å². The lowest BCUT2D eigenvalue weighted by atomic mass is 10.2. The topological polar surface area (TPSA) is 84.7 Å². The van der Waals surface area contributed by atoms with Gasteiger partial charge in [-0.25, -0.2) is 9.97 Å². The molecule has 0 atom stereocenters. The monoisotopic (exact) mass is 610 g/mol. The number of aromatic hydroxyl groups is 2. The molecule has 0 unspecified atom stereocenters. The Hall–Kier alpha value is -3.56. The molecule has 204 valence electrons. The number of hydrogen-bond acceptors (Lipinski definition) is 8.